The molecule has 21 heavy (non-hydrogen) atoms. The first-order chi connectivity index (χ1) is 9.79. The molecule has 0 saturated heterocycles. The highest BCUT2D eigenvalue weighted by atomic mass is 35.5. The van der Waals surface area contributed by atoms with Gasteiger partial charge in [-0.3, -0.25) is 0 Å². The van der Waals surface area contributed by atoms with Crippen molar-refractivity contribution in [2.24, 2.45) is 0 Å². The van der Waals surface area contributed by atoms with E-state index in [1.165, 1.54) is 6.07 Å². The van der Waals surface area contributed by atoms with E-state index >= 15 is 0 Å². The highest BCUT2D eigenvalue weighted by Crippen LogP contribution is 2.30. The van der Waals surface area contributed by atoms with Gasteiger partial charge in [-0.25, -0.2) is 8.42 Å². The van der Waals surface area contributed by atoms with Crippen molar-refractivity contribution in [3.63, 3.8) is 0 Å². The molecule has 0 spiro atoms. The average Bonchev–Trinajstić information content (AvgIpc) is 2.40. The number of nitrogens with zero attached hydrogens (tertiary/aromatic N) is 1. The van der Waals surface area contributed by atoms with Gasteiger partial charge in [-0.2, -0.15) is 0 Å². The molecule has 0 heterocycles. The second kappa shape index (κ2) is 5.95. The van der Waals surface area contributed by atoms with Crippen LogP contribution in [0.5, 0.6) is 0 Å². The first-order valence-corrected chi connectivity index (χ1v) is 8.60. The SMILES string of the molecule is CN(Cc1ccc(Cl)cc1)c1cccc(S(C)(=O)=O)c1N. The summed E-state index contributed by atoms with van der Waals surface area (Å²) < 4.78 is 23.4. The third-order valence-electron chi connectivity index (χ3n) is 3.19. The number of para-hydroxylation sites is 1. The Balaban J connectivity index is 2.31. The van der Waals surface area contributed by atoms with Crippen molar-refractivity contribution in [3.8, 4) is 0 Å². The number of halogens is 1. The average molecular weight is 325 g/mol. The molecule has 2 aromatic carbocycles. The van der Waals surface area contributed by atoms with Crippen molar-refractivity contribution in [2.45, 2.75) is 11.4 Å². The van der Waals surface area contributed by atoms with E-state index in [1.54, 1.807) is 12.1 Å². The van der Waals surface area contributed by atoms with Crippen LogP contribution >= 0.6 is 11.6 Å². The number of hydrogen-bond donors (Lipinski definition) is 1. The molecule has 0 fully saturated rings. The summed E-state index contributed by atoms with van der Waals surface area (Å²) in [6.07, 6.45) is 1.15. The molecule has 2 aromatic rings. The maximum absolute atomic E-state index is 11.7. The molecule has 0 saturated carbocycles. The summed E-state index contributed by atoms with van der Waals surface area (Å²) in [5.41, 5.74) is 8.03. The fraction of sp³-hybridized carbons (Fsp3) is 0.200. The van der Waals surface area contributed by atoms with E-state index in [-0.39, 0.29) is 10.6 Å². The zero-order valence-corrected chi connectivity index (χ0v) is 13.4. The van der Waals surface area contributed by atoms with Gasteiger partial charge in [0, 0.05) is 24.9 Å². The van der Waals surface area contributed by atoms with Crippen LogP contribution in [0.15, 0.2) is 47.4 Å². The van der Waals surface area contributed by atoms with Crippen molar-refractivity contribution in [3.05, 3.63) is 53.1 Å². The Bertz CT molecular complexity index is 743. The molecule has 112 valence electrons. The summed E-state index contributed by atoms with van der Waals surface area (Å²) in [5.74, 6) is 0. The highest BCUT2D eigenvalue weighted by molar-refractivity contribution is 7.90. The lowest BCUT2D eigenvalue weighted by molar-refractivity contribution is 0.602. The van der Waals surface area contributed by atoms with Gasteiger partial charge in [-0.15, -0.1) is 0 Å². The first kappa shape index (κ1) is 15.7. The van der Waals surface area contributed by atoms with Crippen LogP contribution in [-0.2, 0) is 16.4 Å². The molecule has 2 N–H and O–H groups in total. The largest absolute Gasteiger partial charge is 0.396 e. The van der Waals surface area contributed by atoms with Gasteiger partial charge in [-0.1, -0.05) is 29.8 Å². The Hall–Kier alpha value is -1.72. The van der Waals surface area contributed by atoms with Gasteiger partial charge in [0.25, 0.3) is 0 Å². The number of benzene rings is 2. The summed E-state index contributed by atoms with van der Waals surface area (Å²) in [7, 11) is -1.47. The van der Waals surface area contributed by atoms with Gasteiger partial charge in [0.1, 0.15) is 0 Å². The van der Waals surface area contributed by atoms with Crippen LogP contribution in [0.2, 0.25) is 5.02 Å². The van der Waals surface area contributed by atoms with Gasteiger partial charge < -0.3 is 10.6 Å². The van der Waals surface area contributed by atoms with Crippen LogP contribution in [-0.4, -0.2) is 21.7 Å². The smallest absolute Gasteiger partial charge is 0.177 e. The minimum atomic E-state index is -3.34. The molecule has 0 aliphatic carbocycles. The minimum absolute atomic E-state index is 0.156. The Kier molecular flexibility index (Phi) is 4.44. The van der Waals surface area contributed by atoms with Gasteiger partial charge >= 0.3 is 0 Å². The van der Waals surface area contributed by atoms with Crippen LogP contribution in [0, 0.1) is 0 Å². The van der Waals surface area contributed by atoms with E-state index < -0.39 is 9.84 Å². The number of nitrogen functional groups attached to an aromatic ring is 1. The van der Waals surface area contributed by atoms with Gasteiger partial charge in [-0.05, 0) is 29.8 Å². The molecule has 4 nitrogen and oxygen atoms in total. The molecule has 0 radical (unpaired) electrons. The molecule has 6 heteroatoms. The fourth-order valence-corrected chi connectivity index (χ4v) is 3.09. The van der Waals surface area contributed by atoms with Crippen molar-refractivity contribution >= 4 is 32.8 Å². The lowest BCUT2D eigenvalue weighted by atomic mass is 10.2. The van der Waals surface area contributed by atoms with Crippen LogP contribution in [0.4, 0.5) is 11.4 Å². The van der Waals surface area contributed by atoms with Crippen LogP contribution < -0.4 is 10.6 Å². The van der Waals surface area contributed by atoms with E-state index in [2.05, 4.69) is 0 Å². The number of anilines is 2. The molecule has 0 amide bonds. The summed E-state index contributed by atoms with van der Waals surface area (Å²) in [6, 6.07) is 12.5. The zero-order chi connectivity index (χ0) is 15.6. The first-order valence-electron chi connectivity index (χ1n) is 6.33. The predicted molar refractivity (Wildman–Crippen MR) is 87.5 cm³/mol. The Morgan fingerprint density at radius 2 is 1.76 bits per heavy atom. The van der Waals surface area contributed by atoms with Gasteiger partial charge in [0.2, 0.25) is 0 Å². The quantitative estimate of drug-likeness (QED) is 0.878. The lowest BCUT2D eigenvalue weighted by Crippen LogP contribution is -2.18. The van der Waals surface area contributed by atoms with E-state index in [9.17, 15) is 8.42 Å². The molecular weight excluding hydrogens is 308 g/mol. The zero-order valence-electron chi connectivity index (χ0n) is 11.9. The third-order valence-corrected chi connectivity index (χ3v) is 4.59. The Morgan fingerprint density at radius 3 is 2.33 bits per heavy atom. The topological polar surface area (TPSA) is 63.4 Å². The molecule has 0 atom stereocenters. The molecular formula is C15H17ClN2O2S. The molecule has 0 aromatic heterocycles. The Morgan fingerprint density at radius 1 is 1.14 bits per heavy atom. The summed E-state index contributed by atoms with van der Waals surface area (Å²) >= 11 is 5.86. The van der Waals surface area contributed by atoms with E-state index in [1.807, 2.05) is 36.2 Å². The maximum Gasteiger partial charge on any atom is 0.177 e. The van der Waals surface area contributed by atoms with E-state index in [4.69, 9.17) is 17.3 Å². The second-order valence-corrected chi connectivity index (χ2v) is 7.36. The fourth-order valence-electron chi connectivity index (χ4n) is 2.14. The number of hydrogen-bond acceptors (Lipinski definition) is 4. The molecule has 2 rings (SSSR count). The standard InChI is InChI=1S/C15H17ClN2O2S/c1-18(10-11-6-8-12(16)9-7-11)13-4-3-5-14(15(13)17)21(2,19)20/h3-9H,10,17H2,1-2H3. The molecule has 0 bridgehead atoms. The van der Waals surface area contributed by atoms with E-state index in [0.717, 1.165) is 11.8 Å². The molecule has 0 unspecified atom stereocenters. The monoisotopic (exact) mass is 324 g/mol. The normalized spacial score (nSPS) is 11.4. The summed E-state index contributed by atoms with van der Waals surface area (Å²) in [4.78, 5) is 2.07. The van der Waals surface area contributed by atoms with Crippen LogP contribution in [0.25, 0.3) is 0 Å². The van der Waals surface area contributed by atoms with E-state index in [0.29, 0.717) is 17.3 Å². The maximum atomic E-state index is 11.7. The van der Waals surface area contributed by atoms with Crippen molar-refractivity contribution in [1.29, 1.82) is 0 Å². The number of sulfone groups is 1. The van der Waals surface area contributed by atoms with Gasteiger partial charge in [0.15, 0.2) is 9.84 Å². The van der Waals surface area contributed by atoms with Gasteiger partial charge in [0.05, 0.1) is 16.3 Å². The third kappa shape index (κ3) is 3.68. The predicted octanol–water partition coefficient (Wildman–Crippen LogP) is 2.96. The van der Waals surface area contributed by atoms with Crippen molar-refractivity contribution in [1.82, 2.24) is 0 Å². The summed E-state index contributed by atoms with van der Waals surface area (Å²) in [6.45, 7) is 0.606. The lowest BCUT2D eigenvalue weighted by Gasteiger charge is -2.22. The van der Waals surface area contributed by atoms with Crippen LogP contribution in [0.3, 0.4) is 0 Å². The highest BCUT2D eigenvalue weighted by Gasteiger charge is 2.16. The Labute approximate surface area is 130 Å². The molecule has 0 aliphatic rings. The number of nitrogens with two attached hydrogens (primary N) is 1. The molecule has 0 aliphatic heterocycles. The second-order valence-electron chi connectivity index (χ2n) is 4.94. The van der Waals surface area contributed by atoms with Crippen LogP contribution in [0.1, 0.15) is 5.56 Å². The van der Waals surface area contributed by atoms with Crippen molar-refractivity contribution in [2.75, 3.05) is 23.9 Å². The van der Waals surface area contributed by atoms with Crippen molar-refractivity contribution < 1.29 is 8.42 Å². The summed E-state index contributed by atoms with van der Waals surface area (Å²) in [5, 5.41) is 0.681. The minimum Gasteiger partial charge on any atom is -0.396 e. The number of rotatable bonds is 4.